The Morgan fingerprint density at radius 1 is 1.12 bits per heavy atom. The molecule has 0 fully saturated rings. The van der Waals surface area contributed by atoms with E-state index in [1.807, 2.05) is 6.92 Å². The number of hydrogen-bond donors (Lipinski definition) is 1. The number of ether oxygens (including phenoxy) is 2. The van der Waals surface area contributed by atoms with E-state index in [9.17, 15) is 9.59 Å². The Hall–Kier alpha value is -3.24. The van der Waals surface area contributed by atoms with E-state index in [2.05, 4.69) is 15.5 Å². The number of nitrogens with zero attached hydrogens (tertiary/aromatic N) is 4. The summed E-state index contributed by atoms with van der Waals surface area (Å²) in [6.07, 6.45) is 0.755. The third kappa shape index (κ3) is 4.49. The van der Waals surface area contributed by atoms with Crippen LogP contribution in [0.4, 0.5) is 5.69 Å². The number of carbonyl (C=O) groups excluding carboxylic acids is 1. The van der Waals surface area contributed by atoms with Gasteiger partial charge in [-0.25, -0.2) is 0 Å². The number of anilines is 1. The molecule has 1 amide bonds. The fourth-order valence-corrected chi connectivity index (χ4v) is 4.43. The Labute approximate surface area is 198 Å². The van der Waals surface area contributed by atoms with Gasteiger partial charge in [0.2, 0.25) is 11.7 Å². The Morgan fingerprint density at radius 2 is 1.91 bits per heavy atom. The molecule has 0 aliphatic heterocycles. The maximum atomic E-state index is 13.0. The van der Waals surface area contributed by atoms with E-state index >= 15 is 0 Å². The molecule has 9 nitrogen and oxygen atoms in total. The topological polar surface area (TPSA) is 99.8 Å². The van der Waals surface area contributed by atoms with Gasteiger partial charge in [0.1, 0.15) is 0 Å². The highest BCUT2D eigenvalue weighted by molar-refractivity contribution is 7.99. The predicted molar refractivity (Wildman–Crippen MR) is 129 cm³/mol. The van der Waals surface area contributed by atoms with Crippen LogP contribution >= 0.6 is 23.4 Å². The molecule has 0 saturated carbocycles. The van der Waals surface area contributed by atoms with Gasteiger partial charge in [-0.1, -0.05) is 30.3 Å². The average Bonchev–Trinajstić information content (AvgIpc) is 3.24. The molecule has 2 aromatic heterocycles. The fourth-order valence-electron chi connectivity index (χ4n) is 3.52. The smallest absolute Gasteiger partial charge is 0.262 e. The lowest BCUT2D eigenvalue weighted by Crippen LogP contribution is -2.23. The normalized spacial score (nSPS) is 11.2. The second-order valence-corrected chi connectivity index (χ2v) is 8.52. The van der Waals surface area contributed by atoms with Gasteiger partial charge < -0.3 is 14.8 Å². The van der Waals surface area contributed by atoms with Crippen molar-refractivity contribution in [2.45, 2.75) is 25.0 Å². The zero-order chi connectivity index (χ0) is 23.5. The van der Waals surface area contributed by atoms with Crippen LogP contribution in [0.2, 0.25) is 5.02 Å². The zero-order valence-corrected chi connectivity index (χ0v) is 19.9. The third-order valence-electron chi connectivity index (χ3n) is 4.98. The number of aromatic nitrogens is 4. The first-order valence-corrected chi connectivity index (χ1v) is 11.5. The Morgan fingerprint density at radius 3 is 2.64 bits per heavy atom. The van der Waals surface area contributed by atoms with Gasteiger partial charge in [0.05, 0.1) is 30.9 Å². The van der Waals surface area contributed by atoms with Crippen molar-refractivity contribution in [2.75, 3.05) is 25.3 Å². The Kier molecular flexibility index (Phi) is 6.75. The molecule has 172 valence electrons. The molecule has 11 heteroatoms. The quantitative estimate of drug-likeness (QED) is 0.377. The van der Waals surface area contributed by atoms with Crippen LogP contribution in [0.1, 0.15) is 13.3 Å². The second-order valence-electron chi connectivity index (χ2n) is 7.14. The summed E-state index contributed by atoms with van der Waals surface area (Å²) in [5.41, 5.74) is 1.05. The van der Waals surface area contributed by atoms with Crippen molar-refractivity contribution in [2.24, 2.45) is 0 Å². The van der Waals surface area contributed by atoms with Crippen molar-refractivity contribution in [3.05, 3.63) is 51.8 Å². The molecule has 0 unspecified atom stereocenters. The number of rotatable bonds is 8. The minimum absolute atomic E-state index is 0.0944. The number of amides is 1. The molecule has 0 aliphatic rings. The predicted octanol–water partition coefficient (Wildman–Crippen LogP) is 3.86. The maximum Gasteiger partial charge on any atom is 0.262 e. The maximum absolute atomic E-state index is 13.0. The molecule has 0 atom stereocenters. The molecular formula is C22H22ClN5O4S. The van der Waals surface area contributed by atoms with Crippen molar-refractivity contribution in [1.82, 2.24) is 19.2 Å². The average molecular weight is 488 g/mol. The van der Waals surface area contributed by atoms with E-state index in [0.717, 1.165) is 6.42 Å². The van der Waals surface area contributed by atoms with Crippen LogP contribution in [-0.4, -0.2) is 45.0 Å². The molecule has 2 aromatic carbocycles. The van der Waals surface area contributed by atoms with Crippen molar-refractivity contribution in [3.8, 4) is 11.5 Å². The molecule has 0 spiro atoms. The number of methoxy groups -OCH3 is 2. The van der Waals surface area contributed by atoms with Gasteiger partial charge in [-0.3, -0.25) is 18.6 Å². The van der Waals surface area contributed by atoms with E-state index in [4.69, 9.17) is 21.1 Å². The summed E-state index contributed by atoms with van der Waals surface area (Å²) in [4.78, 5) is 25.6. The summed E-state index contributed by atoms with van der Waals surface area (Å²) >= 11 is 7.37. The lowest BCUT2D eigenvalue weighted by Gasteiger charge is -2.11. The molecule has 0 saturated heterocycles. The van der Waals surface area contributed by atoms with Gasteiger partial charge in [0, 0.05) is 23.3 Å². The van der Waals surface area contributed by atoms with Gasteiger partial charge in [-0.05, 0) is 36.8 Å². The fraction of sp³-hybridized carbons (Fsp3) is 0.273. The highest BCUT2D eigenvalue weighted by Crippen LogP contribution is 2.30. The summed E-state index contributed by atoms with van der Waals surface area (Å²) in [6.45, 7) is 2.48. The van der Waals surface area contributed by atoms with E-state index in [-0.39, 0.29) is 17.2 Å². The number of halogens is 1. The van der Waals surface area contributed by atoms with Gasteiger partial charge >= 0.3 is 0 Å². The number of hydrogen-bond acceptors (Lipinski definition) is 7. The number of benzene rings is 2. The number of carbonyl (C=O) groups is 1. The Bertz CT molecular complexity index is 1400. The van der Waals surface area contributed by atoms with Crippen LogP contribution in [0.25, 0.3) is 16.7 Å². The lowest BCUT2D eigenvalue weighted by molar-refractivity contribution is -0.113. The summed E-state index contributed by atoms with van der Waals surface area (Å²) in [7, 11) is 3.08. The van der Waals surface area contributed by atoms with Gasteiger partial charge in [0.15, 0.2) is 16.7 Å². The highest BCUT2D eigenvalue weighted by Gasteiger charge is 2.18. The standard InChI is InChI=1S/C22H22ClN5O4S/c1-4-9-27-20(30)15-10-13(23)5-7-16(15)28-21(27)25-26-22(28)33-12-19(29)24-14-6-8-17(31-2)18(11-14)32-3/h5-8,10-11H,4,9,12H2,1-3H3,(H,24,29). The molecule has 0 aliphatic carbocycles. The van der Waals surface area contributed by atoms with E-state index in [1.165, 1.54) is 18.9 Å². The highest BCUT2D eigenvalue weighted by atomic mass is 35.5. The van der Waals surface area contributed by atoms with Crippen LogP contribution in [0.3, 0.4) is 0 Å². The Balaban J connectivity index is 1.62. The summed E-state index contributed by atoms with van der Waals surface area (Å²) in [5, 5.41) is 12.8. The second kappa shape index (κ2) is 9.72. The summed E-state index contributed by atoms with van der Waals surface area (Å²) in [6, 6.07) is 10.3. The SMILES string of the molecule is CCCn1c(=O)c2cc(Cl)ccc2n2c(SCC(=O)Nc3ccc(OC)c(OC)c3)nnc12. The van der Waals surface area contributed by atoms with Crippen LogP contribution in [0.5, 0.6) is 11.5 Å². The van der Waals surface area contributed by atoms with E-state index in [1.54, 1.807) is 52.5 Å². The molecule has 2 heterocycles. The lowest BCUT2D eigenvalue weighted by atomic mass is 10.2. The van der Waals surface area contributed by atoms with Crippen molar-refractivity contribution in [3.63, 3.8) is 0 Å². The molecule has 4 aromatic rings. The first-order chi connectivity index (χ1) is 16.0. The van der Waals surface area contributed by atoms with Gasteiger partial charge in [0.25, 0.3) is 5.56 Å². The van der Waals surface area contributed by atoms with Crippen molar-refractivity contribution < 1.29 is 14.3 Å². The van der Waals surface area contributed by atoms with Crippen molar-refractivity contribution in [1.29, 1.82) is 0 Å². The van der Waals surface area contributed by atoms with E-state index < -0.39 is 0 Å². The molecular weight excluding hydrogens is 466 g/mol. The molecule has 33 heavy (non-hydrogen) atoms. The number of thioether (sulfide) groups is 1. The van der Waals surface area contributed by atoms with E-state index in [0.29, 0.717) is 50.6 Å². The molecule has 0 radical (unpaired) electrons. The van der Waals surface area contributed by atoms with Crippen LogP contribution in [0.15, 0.2) is 46.3 Å². The summed E-state index contributed by atoms with van der Waals surface area (Å²) in [5.74, 6) is 1.39. The summed E-state index contributed by atoms with van der Waals surface area (Å²) < 4.78 is 13.9. The third-order valence-corrected chi connectivity index (χ3v) is 6.14. The monoisotopic (exact) mass is 487 g/mol. The number of nitrogens with one attached hydrogen (secondary N) is 1. The van der Waals surface area contributed by atoms with Crippen LogP contribution < -0.4 is 20.3 Å². The first-order valence-electron chi connectivity index (χ1n) is 10.2. The largest absolute Gasteiger partial charge is 0.493 e. The minimum atomic E-state index is -0.224. The van der Waals surface area contributed by atoms with Gasteiger partial charge in [-0.15, -0.1) is 10.2 Å². The number of aryl methyl sites for hydroxylation is 1. The minimum Gasteiger partial charge on any atom is -0.493 e. The molecule has 4 rings (SSSR count). The molecule has 1 N–H and O–H groups in total. The van der Waals surface area contributed by atoms with Crippen molar-refractivity contribution >= 4 is 51.6 Å². The number of fused-ring (bicyclic) bond motifs is 3. The first kappa shape index (κ1) is 22.9. The van der Waals surface area contributed by atoms with Crippen LogP contribution in [0, 0.1) is 0 Å². The van der Waals surface area contributed by atoms with Gasteiger partial charge in [-0.2, -0.15) is 0 Å². The van der Waals surface area contributed by atoms with Crippen LogP contribution in [-0.2, 0) is 11.3 Å². The zero-order valence-electron chi connectivity index (χ0n) is 18.3. The molecule has 0 bridgehead atoms.